The Hall–Kier alpha value is -1.96. The van der Waals surface area contributed by atoms with Crippen molar-refractivity contribution in [1.29, 1.82) is 0 Å². The maximum atomic E-state index is 5.24. The third-order valence-electron chi connectivity index (χ3n) is 2.80. The topological polar surface area (TPSA) is 74.6 Å². The Morgan fingerprint density at radius 1 is 1.30 bits per heavy atom. The van der Waals surface area contributed by atoms with Crippen LogP contribution in [-0.4, -0.2) is 29.7 Å². The molecule has 0 fully saturated rings. The summed E-state index contributed by atoms with van der Waals surface area (Å²) in [5, 5.41) is 12.5. The fourth-order valence-corrected chi connectivity index (χ4v) is 2.28. The van der Waals surface area contributed by atoms with Gasteiger partial charge in [0.25, 0.3) is 0 Å². The van der Waals surface area contributed by atoms with Gasteiger partial charge in [-0.2, -0.15) is 15.2 Å². The molecule has 104 valence electrons. The van der Waals surface area contributed by atoms with Gasteiger partial charge >= 0.3 is 0 Å². The number of rotatable bonds is 4. The van der Waals surface area contributed by atoms with Crippen molar-refractivity contribution in [3.8, 4) is 0 Å². The first-order chi connectivity index (χ1) is 9.60. The van der Waals surface area contributed by atoms with Gasteiger partial charge in [-0.15, -0.1) is 0 Å². The van der Waals surface area contributed by atoms with Crippen LogP contribution in [-0.2, 0) is 13.1 Å². The summed E-state index contributed by atoms with van der Waals surface area (Å²) in [6, 6.07) is 2.01. The number of aromatic nitrogens is 6. The highest BCUT2D eigenvalue weighted by molar-refractivity contribution is 9.10. The molecule has 0 N–H and O–H groups in total. The first-order valence-electron chi connectivity index (χ1n) is 6.10. The van der Waals surface area contributed by atoms with E-state index in [1.165, 1.54) is 0 Å². The van der Waals surface area contributed by atoms with Crippen molar-refractivity contribution in [2.24, 2.45) is 0 Å². The molecule has 0 atom stereocenters. The van der Waals surface area contributed by atoms with Crippen LogP contribution in [0.15, 0.2) is 27.5 Å². The number of hydrogen-bond donors (Lipinski definition) is 0. The fourth-order valence-electron chi connectivity index (χ4n) is 1.95. The average molecular weight is 337 g/mol. The lowest BCUT2D eigenvalue weighted by Gasteiger charge is -1.98. The van der Waals surface area contributed by atoms with Crippen LogP contribution in [0.4, 0.5) is 0 Å². The monoisotopic (exact) mass is 336 g/mol. The predicted molar refractivity (Wildman–Crippen MR) is 74.1 cm³/mol. The molecule has 3 aromatic heterocycles. The van der Waals surface area contributed by atoms with Gasteiger partial charge in [0, 0.05) is 11.9 Å². The maximum absolute atomic E-state index is 5.24. The van der Waals surface area contributed by atoms with E-state index in [-0.39, 0.29) is 0 Å². The molecule has 0 spiro atoms. The van der Waals surface area contributed by atoms with Gasteiger partial charge in [-0.05, 0) is 35.8 Å². The molecule has 0 bridgehead atoms. The minimum atomic E-state index is 0.478. The normalized spacial score (nSPS) is 11.2. The van der Waals surface area contributed by atoms with E-state index in [4.69, 9.17) is 4.52 Å². The molecule has 3 rings (SSSR count). The fraction of sp³-hybridized carbons (Fsp3) is 0.333. The molecule has 3 heterocycles. The summed E-state index contributed by atoms with van der Waals surface area (Å²) in [5.74, 6) is 1.13. The van der Waals surface area contributed by atoms with Crippen molar-refractivity contribution < 1.29 is 4.52 Å². The summed E-state index contributed by atoms with van der Waals surface area (Å²) in [6.45, 7) is 4.92. The number of nitrogens with zero attached hydrogens (tertiary/aromatic N) is 6. The molecule has 3 aromatic rings. The van der Waals surface area contributed by atoms with Crippen molar-refractivity contribution in [3.05, 3.63) is 46.0 Å². The largest absolute Gasteiger partial charge is 0.337 e. The van der Waals surface area contributed by atoms with Gasteiger partial charge in [-0.1, -0.05) is 5.16 Å². The van der Waals surface area contributed by atoms with Crippen molar-refractivity contribution in [1.82, 2.24) is 29.7 Å². The van der Waals surface area contributed by atoms with Crippen LogP contribution < -0.4 is 0 Å². The van der Waals surface area contributed by atoms with Gasteiger partial charge < -0.3 is 4.52 Å². The highest BCUT2D eigenvalue weighted by Crippen LogP contribution is 2.09. The number of hydrogen-bond acceptors (Lipinski definition) is 5. The molecule has 0 saturated carbocycles. The summed E-state index contributed by atoms with van der Waals surface area (Å²) >= 11 is 3.35. The second kappa shape index (κ2) is 5.20. The van der Waals surface area contributed by atoms with Crippen LogP contribution in [0.1, 0.15) is 23.1 Å². The predicted octanol–water partition coefficient (Wildman–Crippen LogP) is 1.94. The van der Waals surface area contributed by atoms with E-state index in [1.807, 2.05) is 30.8 Å². The van der Waals surface area contributed by atoms with Crippen molar-refractivity contribution in [2.75, 3.05) is 0 Å². The van der Waals surface area contributed by atoms with Crippen molar-refractivity contribution in [3.63, 3.8) is 0 Å². The standard InChI is InChI=1S/C12H13BrN6O/c1-8-3-9(2)19(16-8)7-12-15-11(17-20-12)6-18-5-10(13)4-14-18/h3-5H,6-7H2,1-2H3. The Kier molecular flexibility index (Phi) is 3.39. The van der Waals surface area contributed by atoms with Crippen LogP contribution in [0.5, 0.6) is 0 Å². The zero-order valence-electron chi connectivity index (χ0n) is 11.1. The average Bonchev–Trinajstić information content (AvgIpc) is 3.05. The molecule has 0 unspecified atom stereocenters. The van der Waals surface area contributed by atoms with E-state index in [9.17, 15) is 0 Å². The highest BCUT2D eigenvalue weighted by atomic mass is 79.9. The van der Waals surface area contributed by atoms with Gasteiger partial charge in [0.05, 0.1) is 16.4 Å². The van der Waals surface area contributed by atoms with Crippen LogP contribution >= 0.6 is 15.9 Å². The minimum Gasteiger partial charge on any atom is -0.337 e. The first-order valence-corrected chi connectivity index (χ1v) is 6.90. The summed E-state index contributed by atoms with van der Waals surface area (Å²) in [7, 11) is 0. The number of aryl methyl sites for hydroxylation is 2. The molecule has 7 nitrogen and oxygen atoms in total. The molecule has 0 aliphatic carbocycles. The summed E-state index contributed by atoms with van der Waals surface area (Å²) in [5.41, 5.74) is 2.04. The molecule has 20 heavy (non-hydrogen) atoms. The summed E-state index contributed by atoms with van der Waals surface area (Å²) in [4.78, 5) is 4.35. The van der Waals surface area contributed by atoms with E-state index >= 15 is 0 Å². The van der Waals surface area contributed by atoms with Crippen LogP contribution in [0, 0.1) is 13.8 Å². The third kappa shape index (κ3) is 2.79. The molecule has 0 amide bonds. The second-order valence-corrected chi connectivity index (χ2v) is 5.46. The second-order valence-electron chi connectivity index (χ2n) is 4.55. The quantitative estimate of drug-likeness (QED) is 0.727. The Morgan fingerprint density at radius 2 is 2.15 bits per heavy atom. The zero-order valence-corrected chi connectivity index (χ0v) is 12.7. The Balaban J connectivity index is 1.72. The Morgan fingerprint density at radius 3 is 2.80 bits per heavy atom. The van der Waals surface area contributed by atoms with E-state index in [2.05, 4.69) is 36.3 Å². The molecule has 0 aromatic carbocycles. The van der Waals surface area contributed by atoms with E-state index < -0.39 is 0 Å². The Labute approximate surface area is 123 Å². The maximum Gasteiger partial charge on any atom is 0.248 e. The molecule has 8 heteroatoms. The van der Waals surface area contributed by atoms with Crippen LogP contribution in [0.3, 0.4) is 0 Å². The van der Waals surface area contributed by atoms with E-state index in [0.29, 0.717) is 24.8 Å². The van der Waals surface area contributed by atoms with Gasteiger partial charge in [-0.3, -0.25) is 9.36 Å². The van der Waals surface area contributed by atoms with E-state index in [1.54, 1.807) is 10.9 Å². The third-order valence-corrected chi connectivity index (χ3v) is 3.21. The lowest BCUT2D eigenvalue weighted by atomic mass is 10.4. The minimum absolute atomic E-state index is 0.478. The lowest BCUT2D eigenvalue weighted by molar-refractivity contribution is 0.358. The molecule has 0 aliphatic heterocycles. The first kappa shape index (κ1) is 13.0. The highest BCUT2D eigenvalue weighted by Gasteiger charge is 2.10. The van der Waals surface area contributed by atoms with Gasteiger partial charge in [0.2, 0.25) is 5.89 Å². The van der Waals surface area contributed by atoms with Gasteiger partial charge in [0.1, 0.15) is 13.1 Å². The lowest BCUT2D eigenvalue weighted by Crippen LogP contribution is -2.05. The summed E-state index contributed by atoms with van der Waals surface area (Å²) in [6.07, 6.45) is 3.58. The zero-order chi connectivity index (χ0) is 14.1. The Bertz CT molecular complexity index is 728. The SMILES string of the molecule is Cc1cc(C)n(Cc2nc(Cn3cc(Br)cn3)no2)n1. The van der Waals surface area contributed by atoms with Crippen molar-refractivity contribution >= 4 is 15.9 Å². The smallest absolute Gasteiger partial charge is 0.248 e. The van der Waals surface area contributed by atoms with Crippen molar-refractivity contribution in [2.45, 2.75) is 26.9 Å². The molecule has 0 saturated heterocycles. The molecule has 0 radical (unpaired) electrons. The van der Waals surface area contributed by atoms with Gasteiger partial charge in [0.15, 0.2) is 5.82 Å². The molecular weight excluding hydrogens is 324 g/mol. The van der Waals surface area contributed by atoms with Crippen LogP contribution in [0.25, 0.3) is 0 Å². The number of halogens is 1. The molecular formula is C12H13BrN6O. The van der Waals surface area contributed by atoms with Crippen LogP contribution in [0.2, 0.25) is 0 Å². The van der Waals surface area contributed by atoms with Gasteiger partial charge in [-0.25, -0.2) is 0 Å². The van der Waals surface area contributed by atoms with E-state index in [0.717, 1.165) is 15.9 Å². The molecule has 0 aliphatic rings. The summed E-state index contributed by atoms with van der Waals surface area (Å²) < 4.78 is 9.74.